The van der Waals surface area contributed by atoms with Crippen molar-refractivity contribution in [3.63, 3.8) is 0 Å². The fraction of sp³-hybridized carbons (Fsp3) is 0.158. The normalized spacial score (nSPS) is 10.4. The molecular weight excluding hydrogens is 306 g/mol. The average Bonchev–Trinajstić information content (AvgIpc) is 2.56. The number of amides is 1. The lowest BCUT2D eigenvalue weighted by molar-refractivity contribution is -0.129. The molecule has 0 saturated heterocycles. The van der Waals surface area contributed by atoms with Gasteiger partial charge in [-0.1, -0.05) is 24.3 Å². The molecule has 2 rings (SSSR count). The van der Waals surface area contributed by atoms with E-state index in [0.717, 1.165) is 5.56 Å². The van der Waals surface area contributed by atoms with E-state index in [-0.39, 0.29) is 5.91 Å². The first-order chi connectivity index (χ1) is 11.6. The van der Waals surface area contributed by atoms with Crippen LogP contribution >= 0.6 is 0 Å². The molecule has 0 saturated carbocycles. The van der Waals surface area contributed by atoms with Crippen LogP contribution < -0.4 is 14.8 Å². The predicted octanol–water partition coefficient (Wildman–Crippen LogP) is 3.66. The summed E-state index contributed by atoms with van der Waals surface area (Å²) in [5, 5.41) is 2.68. The summed E-state index contributed by atoms with van der Waals surface area (Å²) < 4.78 is 10.7. The lowest BCUT2D eigenvalue weighted by Crippen LogP contribution is -2.06. The third-order valence-corrected chi connectivity index (χ3v) is 3.00. The highest BCUT2D eigenvalue weighted by molar-refractivity contribution is 5.90. The zero-order valence-electron chi connectivity index (χ0n) is 13.6. The standard InChI is InChI=1S/C19H19NO4/c1-3-23-17-6-4-5-7-18(17)24-19(22)13-10-15-8-11-16(12-9-15)20-14(2)21/h4-13H,3H2,1-2H3,(H,20,21)/b13-10+. The zero-order valence-corrected chi connectivity index (χ0v) is 13.6. The number of anilines is 1. The molecular formula is C19H19NO4. The van der Waals surface area contributed by atoms with Crippen LogP contribution in [0.25, 0.3) is 6.08 Å². The number of carbonyl (C=O) groups is 2. The number of carbonyl (C=O) groups excluding carboxylic acids is 2. The van der Waals surface area contributed by atoms with Gasteiger partial charge in [-0.15, -0.1) is 0 Å². The summed E-state index contributed by atoms with van der Waals surface area (Å²) in [6.07, 6.45) is 2.99. The highest BCUT2D eigenvalue weighted by atomic mass is 16.6. The summed E-state index contributed by atoms with van der Waals surface area (Å²) in [5.74, 6) is 0.291. The van der Waals surface area contributed by atoms with Crippen molar-refractivity contribution >= 4 is 23.6 Å². The summed E-state index contributed by atoms with van der Waals surface area (Å²) in [7, 11) is 0. The Morgan fingerprint density at radius 2 is 1.71 bits per heavy atom. The number of rotatable bonds is 6. The first kappa shape index (κ1) is 17.3. The molecule has 0 unspecified atom stereocenters. The van der Waals surface area contributed by atoms with Crippen molar-refractivity contribution < 1.29 is 19.1 Å². The molecule has 1 N–H and O–H groups in total. The van der Waals surface area contributed by atoms with E-state index < -0.39 is 5.97 Å². The molecule has 0 radical (unpaired) electrons. The Balaban J connectivity index is 1.99. The molecule has 0 atom stereocenters. The van der Waals surface area contributed by atoms with Gasteiger partial charge in [0.25, 0.3) is 0 Å². The van der Waals surface area contributed by atoms with Crippen molar-refractivity contribution in [3.8, 4) is 11.5 Å². The van der Waals surface area contributed by atoms with Crippen molar-refractivity contribution in [2.45, 2.75) is 13.8 Å². The van der Waals surface area contributed by atoms with E-state index in [1.807, 2.05) is 13.0 Å². The van der Waals surface area contributed by atoms with Gasteiger partial charge >= 0.3 is 5.97 Å². The second-order valence-corrected chi connectivity index (χ2v) is 4.94. The zero-order chi connectivity index (χ0) is 17.4. The Hall–Kier alpha value is -3.08. The number of ether oxygens (including phenoxy) is 2. The van der Waals surface area contributed by atoms with Gasteiger partial charge in [0.15, 0.2) is 11.5 Å². The van der Waals surface area contributed by atoms with Crippen molar-refractivity contribution in [1.29, 1.82) is 0 Å². The molecule has 5 heteroatoms. The van der Waals surface area contributed by atoms with E-state index in [1.54, 1.807) is 48.5 Å². The first-order valence-electron chi connectivity index (χ1n) is 7.58. The van der Waals surface area contributed by atoms with Crippen molar-refractivity contribution in [3.05, 3.63) is 60.2 Å². The fourth-order valence-electron chi connectivity index (χ4n) is 2.00. The van der Waals surface area contributed by atoms with Crippen LogP contribution in [0.1, 0.15) is 19.4 Å². The van der Waals surface area contributed by atoms with Gasteiger partial charge in [0, 0.05) is 18.7 Å². The molecule has 24 heavy (non-hydrogen) atoms. The van der Waals surface area contributed by atoms with E-state index in [1.165, 1.54) is 13.0 Å². The van der Waals surface area contributed by atoms with E-state index in [9.17, 15) is 9.59 Å². The number of esters is 1. The first-order valence-corrected chi connectivity index (χ1v) is 7.58. The summed E-state index contributed by atoms with van der Waals surface area (Å²) in [5.41, 5.74) is 1.52. The number of hydrogen-bond donors (Lipinski definition) is 1. The second-order valence-electron chi connectivity index (χ2n) is 4.94. The molecule has 0 aliphatic heterocycles. The minimum Gasteiger partial charge on any atom is -0.490 e. The van der Waals surface area contributed by atoms with Crippen LogP contribution in [0.15, 0.2) is 54.6 Å². The maximum Gasteiger partial charge on any atom is 0.336 e. The molecule has 124 valence electrons. The average molecular weight is 325 g/mol. The SMILES string of the molecule is CCOc1ccccc1OC(=O)/C=C/c1ccc(NC(C)=O)cc1. The topological polar surface area (TPSA) is 64.6 Å². The van der Waals surface area contributed by atoms with Crippen LogP contribution in [0, 0.1) is 0 Å². The molecule has 2 aromatic rings. The highest BCUT2D eigenvalue weighted by Crippen LogP contribution is 2.26. The predicted molar refractivity (Wildman–Crippen MR) is 93.0 cm³/mol. The Morgan fingerprint density at radius 1 is 1.04 bits per heavy atom. The van der Waals surface area contributed by atoms with Gasteiger partial charge < -0.3 is 14.8 Å². The molecule has 2 aromatic carbocycles. The van der Waals surface area contributed by atoms with E-state index in [4.69, 9.17) is 9.47 Å². The van der Waals surface area contributed by atoms with Crippen molar-refractivity contribution in [2.24, 2.45) is 0 Å². The Kier molecular flexibility index (Phi) is 6.14. The molecule has 0 aliphatic carbocycles. The summed E-state index contributed by atoms with van der Waals surface area (Å²) in [6, 6.07) is 14.1. The van der Waals surface area contributed by atoms with Crippen LogP contribution in [0.3, 0.4) is 0 Å². The van der Waals surface area contributed by atoms with E-state index in [0.29, 0.717) is 23.8 Å². The summed E-state index contributed by atoms with van der Waals surface area (Å²) >= 11 is 0. The minimum absolute atomic E-state index is 0.130. The van der Waals surface area contributed by atoms with Crippen LogP contribution in [-0.2, 0) is 9.59 Å². The highest BCUT2D eigenvalue weighted by Gasteiger charge is 2.07. The van der Waals surface area contributed by atoms with E-state index >= 15 is 0 Å². The fourth-order valence-corrected chi connectivity index (χ4v) is 2.00. The molecule has 0 aromatic heterocycles. The number of para-hydroxylation sites is 2. The van der Waals surface area contributed by atoms with Crippen LogP contribution in [0.5, 0.6) is 11.5 Å². The van der Waals surface area contributed by atoms with Gasteiger partial charge in [0.05, 0.1) is 6.61 Å². The summed E-state index contributed by atoms with van der Waals surface area (Å²) in [6.45, 7) is 3.80. The Bertz CT molecular complexity index is 735. The molecule has 0 heterocycles. The lowest BCUT2D eigenvalue weighted by Gasteiger charge is -2.08. The quantitative estimate of drug-likeness (QED) is 0.500. The molecule has 0 fully saturated rings. The lowest BCUT2D eigenvalue weighted by atomic mass is 10.2. The molecule has 0 aliphatic rings. The number of hydrogen-bond acceptors (Lipinski definition) is 4. The maximum atomic E-state index is 11.9. The van der Waals surface area contributed by atoms with Crippen LogP contribution in [-0.4, -0.2) is 18.5 Å². The molecule has 1 amide bonds. The third kappa shape index (κ3) is 5.28. The molecule has 0 bridgehead atoms. The van der Waals surface area contributed by atoms with Gasteiger partial charge in [-0.05, 0) is 42.8 Å². The molecule has 0 spiro atoms. The number of nitrogens with one attached hydrogen (secondary N) is 1. The third-order valence-electron chi connectivity index (χ3n) is 3.00. The van der Waals surface area contributed by atoms with Crippen LogP contribution in [0.2, 0.25) is 0 Å². The van der Waals surface area contributed by atoms with Gasteiger partial charge in [0.1, 0.15) is 0 Å². The van der Waals surface area contributed by atoms with Crippen LogP contribution in [0.4, 0.5) is 5.69 Å². The largest absolute Gasteiger partial charge is 0.490 e. The Morgan fingerprint density at radius 3 is 2.33 bits per heavy atom. The second kappa shape index (κ2) is 8.53. The number of benzene rings is 2. The van der Waals surface area contributed by atoms with Gasteiger partial charge in [-0.25, -0.2) is 4.79 Å². The smallest absolute Gasteiger partial charge is 0.336 e. The Labute approximate surface area is 140 Å². The van der Waals surface area contributed by atoms with Gasteiger partial charge in [-0.2, -0.15) is 0 Å². The van der Waals surface area contributed by atoms with E-state index in [2.05, 4.69) is 5.32 Å². The minimum atomic E-state index is -0.493. The molecule has 5 nitrogen and oxygen atoms in total. The van der Waals surface area contributed by atoms with Gasteiger partial charge in [-0.3, -0.25) is 4.79 Å². The summed E-state index contributed by atoms with van der Waals surface area (Å²) in [4.78, 5) is 22.9. The van der Waals surface area contributed by atoms with Crippen molar-refractivity contribution in [2.75, 3.05) is 11.9 Å². The van der Waals surface area contributed by atoms with Crippen molar-refractivity contribution in [1.82, 2.24) is 0 Å². The maximum absolute atomic E-state index is 11.9. The van der Waals surface area contributed by atoms with Gasteiger partial charge in [0.2, 0.25) is 5.91 Å². The monoisotopic (exact) mass is 325 g/mol.